The summed E-state index contributed by atoms with van der Waals surface area (Å²) in [6.07, 6.45) is 0. The van der Waals surface area contributed by atoms with Gasteiger partial charge in [0.25, 0.3) is 0 Å². The average molecular weight is 451 g/mol. The van der Waals surface area contributed by atoms with Crippen molar-refractivity contribution in [2.24, 2.45) is 0 Å². The summed E-state index contributed by atoms with van der Waals surface area (Å²) in [5.41, 5.74) is 2.86. The normalized spacial score (nSPS) is 11.9. The first-order valence-corrected chi connectivity index (χ1v) is 10.3. The maximum Gasteiger partial charge on any atom is 0.163 e. The Balaban J connectivity index is 1.72. The van der Waals surface area contributed by atoms with Crippen molar-refractivity contribution in [3.63, 3.8) is 0 Å². The van der Waals surface area contributed by atoms with Crippen molar-refractivity contribution in [2.45, 2.75) is 26.1 Å². The van der Waals surface area contributed by atoms with E-state index < -0.39 is 0 Å². The molecule has 0 radical (unpaired) electrons. The van der Waals surface area contributed by atoms with Gasteiger partial charge in [-0.05, 0) is 36.2 Å². The minimum Gasteiger partial charge on any atom is -0.493 e. The van der Waals surface area contributed by atoms with Gasteiger partial charge in [-0.1, -0.05) is 71.2 Å². The number of hydrogen-bond acceptors (Lipinski definition) is 3. The van der Waals surface area contributed by atoms with Crippen molar-refractivity contribution in [2.75, 3.05) is 7.11 Å². The van der Waals surface area contributed by atoms with Crippen LogP contribution in [0.2, 0.25) is 15.1 Å². The van der Waals surface area contributed by atoms with Gasteiger partial charge in [0.05, 0.1) is 7.11 Å². The predicted molar refractivity (Wildman–Crippen MR) is 120 cm³/mol. The zero-order valence-corrected chi connectivity index (χ0v) is 18.5. The lowest BCUT2D eigenvalue weighted by atomic mass is 10.1. The number of methoxy groups -OCH3 is 1. The fourth-order valence-electron chi connectivity index (χ4n) is 2.93. The topological polar surface area (TPSA) is 30.5 Å². The van der Waals surface area contributed by atoms with Crippen LogP contribution in [-0.4, -0.2) is 7.11 Å². The molecule has 3 rings (SSSR count). The van der Waals surface area contributed by atoms with E-state index in [4.69, 9.17) is 44.3 Å². The average Bonchev–Trinajstić information content (AvgIpc) is 2.73. The third-order valence-electron chi connectivity index (χ3n) is 4.66. The Morgan fingerprint density at radius 3 is 2.21 bits per heavy atom. The summed E-state index contributed by atoms with van der Waals surface area (Å²) in [7, 11) is 1.60. The molecule has 3 aromatic carbocycles. The van der Waals surface area contributed by atoms with E-state index in [2.05, 4.69) is 24.4 Å². The van der Waals surface area contributed by atoms with E-state index in [0.29, 0.717) is 33.1 Å². The molecule has 0 spiro atoms. The molecule has 0 heterocycles. The summed E-state index contributed by atoms with van der Waals surface area (Å²) in [5, 5.41) is 5.19. The van der Waals surface area contributed by atoms with Crippen LogP contribution >= 0.6 is 34.8 Å². The molecule has 0 fully saturated rings. The van der Waals surface area contributed by atoms with Gasteiger partial charge in [-0.2, -0.15) is 0 Å². The van der Waals surface area contributed by atoms with Crippen LogP contribution in [0.3, 0.4) is 0 Å². The van der Waals surface area contributed by atoms with E-state index in [1.165, 1.54) is 5.56 Å². The van der Waals surface area contributed by atoms with E-state index in [9.17, 15) is 0 Å². The van der Waals surface area contributed by atoms with Crippen LogP contribution in [0.4, 0.5) is 0 Å². The van der Waals surface area contributed by atoms with Crippen LogP contribution in [0.1, 0.15) is 29.7 Å². The highest BCUT2D eigenvalue weighted by Gasteiger charge is 2.14. The van der Waals surface area contributed by atoms with Gasteiger partial charge >= 0.3 is 0 Å². The molecule has 1 N–H and O–H groups in total. The van der Waals surface area contributed by atoms with Gasteiger partial charge in [0.15, 0.2) is 11.5 Å². The standard InChI is InChI=1S/C23H22Cl3NO2/c1-15(16-7-4-3-5-8-16)27-13-17-11-22(28-2)23(12-21(17)26)29-14-18-19(24)9-6-10-20(18)25/h3-12,15,27H,13-14H2,1-2H3. The minimum atomic E-state index is 0.191. The molecule has 0 aliphatic rings. The molecule has 0 aliphatic carbocycles. The van der Waals surface area contributed by atoms with E-state index in [1.54, 1.807) is 31.4 Å². The van der Waals surface area contributed by atoms with Crippen LogP contribution in [0.5, 0.6) is 11.5 Å². The molecule has 3 aromatic rings. The van der Waals surface area contributed by atoms with Crippen molar-refractivity contribution in [1.29, 1.82) is 0 Å². The van der Waals surface area contributed by atoms with Gasteiger partial charge < -0.3 is 14.8 Å². The molecule has 0 aliphatic heterocycles. The summed E-state index contributed by atoms with van der Waals surface area (Å²) in [5.74, 6) is 1.13. The second kappa shape index (κ2) is 10.2. The van der Waals surface area contributed by atoms with Crippen molar-refractivity contribution in [3.05, 3.63) is 92.4 Å². The Kier molecular flexibility index (Phi) is 7.68. The van der Waals surface area contributed by atoms with Crippen molar-refractivity contribution in [3.8, 4) is 11.5 Å². The van der Waals surface area contributed by atoms with Crippen LogP contribution in [-0.2, 0) is 13.2 Å². The second-order valence-electron chi connectivity index (χ2n) is 6.60. The Hall–Kier alpha value is -1.91. The zero-order chi connectivity index (χ0) is 20.8. The number of halogens is 3. The van der Waals surface area contributed by atoms with Gasteiger partial charge in [0, 0.05) is 39.3 Å². The SMILES string of the molecule is COc1cc(CNC(C)c2ccccc2)c(Cl)cc1OCc1c(Cl)cccc1Cl. The fourth-order valence-corrected chi connectivity index (χ4v) is 3.65. The van der Waals surface area contributed by atoms with Gasteiger partial charge in [-0.3, -0.25) is 0 Å². The van der Waals surface area contributed by atoms with Crippen LogP contribution in [0.25, 0.3) is 0 Å². The number of nitrogens with one attached hydrogen (secondary N) is 1. The Morgan fingerprint density at radius 1 is 0.862 bits per heavy atom. The lowest BCUT2D eigenvalue weighted by Crippen LogP contribution is -2.18. The number of ether oxygens (including phenoxy) is 2. The summed E-state index contributed by atoms with van der Waals surface area (Å²) in [6, 6.07) is 19.4. The maximum absolute atomic E-state index is 6.50. The van der Waals surface area contributed by atoms with Crippen molar-refractivity contribution in [1.82, 2.24) is 5.32 Å². The molecular formula is C23H22Cl3NO2. The van der Waals surface area contributed by atoms with Crippen molar-refractivity contribution < 1.29 is 9.47 Å². The number of benzene rings is 3. The van der Waals surface area contributed by atoms with Crippen LogP contribution < -0.4 is 14.8 Å². The van der Waals surface area contributed by atoms with E-state index in [1.807, 2.05) is 24.3 Å². The molecule has 0 amide bonds. The van der Waals surface area contributed by atoms with Crippen molar-refractivity contribution >= 4 is 34.8 Å². The molecule has 1 atom stereocenters. The third-order valence-corrected chi connectivity index (χ3v) is 5.72. The van der Waals surface area contributed by atoms with Gasteiger partial charge in [0.1, 0.15) is 6.61 Å². The summed E-state index contributed by atoms with van der Waals surface area (Å²) < 4.78 is 11.4. The summed E-state index contributed by atoms with van der Waals surface area (Å²) in [4.78, 5) is 0. The number of rotatable bonds is 8. The lowest BCUT2D eigenvalue weighted by Gasteiger charge is -2.17. The van der Waals surface area contributed by atoms with Gasteiger partial charge in [-0.25, -0.2) is 0 Å². The Morgan fingerprint density at radius 2 is 1.55 bits per heavy atom. The largest absolute Gasteiger partial charge is 0.493 e. The molecular weight excluding hydrogens is 429 g/mol. The first kappa shape index (κ1) is 21.8. The smallest absolute Gasteiger partial charge is 0.163 e. The Labute approximate surface area is 186 Å². The molecule has 1 unspecified atom stereocenters. The molecule has 0 saturated heterocycles. The lowest BCUT2D eigenvalue weighted by molar-refractivity contribution is 0.284. The molecule has 29 heavy (non-hydrogen) atoms. The zero-order valence-electron chi connectivity index (χ0n) is 16.2. The van der Waals surface area contributed by atoms with Gasteiger partial charge in [0.2, 0.25) is 0 Å². The highest BCUT2D eigenvalue weighted by Crippen LogP contribution is 2.35. The quantitative estimate of drug-likeness (QED) is 0.397. The highest BCUT2D eigenvalue weighted by molar-refractivity contribution is 6.36. The van der Waals surface area contributed by atoms with E-state index in [-0.39, 0.29) is 12.6 Å². The minimum absolute atomic E-state index is 0.191. The van der Waals surface area contributed by atoms with Gasteiger partial charge in [-0.15, -0.1) is 0 Å². The summed E-state index contributed by atoms with van der Waals surface area (Å²) >= 11 is 18.9. The fraction of sp³-hybridized carbons (Fsp3) is 0.217. The Bertz CT molecular complexity index is 944. The molecule has 3 nitrogen and oxygen atoms in total. The molecule has 0 saturated carbocycles. The second-order valence-corrected chi connectivity index (χ2v) is 7.82. The van der Waals surface area contributed by atoms with Crippen LogP contribution in [0, 0.1) is 0 Å². The van der Waals surface area contributed by atoms with E-state index >= 15 is 0 Å². The van der Waals surface area contributed by atoms with E-state index in [0.717, 1.165) is 11.1 Å². The molecule has 0 bridgehead atoms. The third kappa shape index (κ3) is 5.58. The monoisotopic (exact) mass is 449 g/mol. The van der Waals surface area contributed by atoms with Crippen LogP contribution in [0.15, 0.2) is 60.7 Å². The summed E-state index contributed by atoms with van der Waals surface area (Å²) in [6.45, 7) is 2.93. The molecule has 0 aromatic heterocycles. The first-order chi connectivity index (χ1) is 14.0. The molecule has 6 heteroatoms. The molecule has 152 valence electrons. The first-order valence-electron chi connectivity index (χ1n) is 9.20. The predicted octanol–water partition coefficient (Wildman–Crippen LogP) is 7.09. The number of hydrogen-bond donors (Lipinski definition) is 1. The highest BCUT2D eigenvalue weighted by atomic mass is 35.5. The maximum atomic E-state index is 6.50.